The Morgan fingerprint density at radius 1 is 1.64 bits per heavy atom. The Kier molecular flexibility index (Phi) is 6.90. The molecule has 0 aromatic heterocycles. The summed E-state index contributed by atoms with van der Waals surface area (Å²) in [6.45, 7) is 1.65. The van der Waals surface area contributed by atoms with E-state index in [1.54, 1.807) is 17.2 Å². The highest BCUT2D eigenvalue weighted by Crippen LogP contribution is 1.78. The topological polar surface area (TPSA) is 60.6 Å². The first-order chi connectivity index (χ1) is 5.27. The van der Waals surface area contributed by atoms with Gasteiger partial charge in [-0.05, 0) is 11.0 Å². The van der Waals surface area contributed by atoms with E-state index in [4.69, 9.17) is 5.41 Å². The van der Waals surface area contributed by atoms with Crippen molar-refractivity contribution in [2.24, 2.45) is 10.1 Å². The molecule has 0 heterocycles. The van der Waals surface area contributed by atoms with Gasteiger partial charge in [0.2, 0.25) is 0 Å². The lowest BCUT2D eigenvalue weighted by Crippen LogP contribution is -1.93. The quantitative estimate of drug-likeness (QED) is 0.344. The van der Waals surface area contributed by atoms with Gasteiger partial charge in [-0.2, -0.15) is 5.10 Å². The van der Waals surface area contributed by atoms with Gasteiger partial charge < -0.3 is 5.41 Å². The SMILES string of the molecule is CC(=N)C=N/C=N\N/C=C\I. The second kappa shape index (κ2) is 7.39. The third-order valence-corrected chi connectivity index (χ3v) is 0.964. The van der Waals surface area contributed by atoms with Crippen molar-refractivity contribution < 1.29 is 0 Å². The summed E-state index contributed by atoms with van der Waals surface area (Å²) in [5.41, 5.74) is 3.01. The largest absolute Gasteiger partial charge is 0.304 e. The average Bonchev–Trinajstić information content (AvgIpc) is 1.96. The number of hydrogen-bond acceptors (Lipinski definition) is 3. The number of nitrogens with zero attached hydrogens (tertiary/aromatic N) is 2. The van der Waals surface area contributed by atoms with Crippen molar-refractivity contribution in [2.75, 3.05) is 0 Å². The lowest BCUT2D eigenvalue weighted by atomic mass is 10.5. The molecule has 0 fully saturated rings. The summed E-state index contributed by atoms with van der Waals surface area (Å²) < 4.78 is 1.79. The maximum absolute atomic E-state index is 6.96. The lowest BCUT2D eigenvalue weighted by molar-refractivity contribution is 0.976. The smallest absolute Gasteiger partial charge is 0.135 e. The van der Waals surface area contributed by atoms with Crippen LogP contribution in [-0.2, 0) is 0 Å². The van der Waals surface area contributed by atoms with E-state index in [9.17, 15) is 0 Å². The van der Waals surface area contributed by atoms with E-state index in [2.05, 4.69) is 38.1 Å². The van der Waals surface area contributed by atoms with Crippen molar-refractivity contribution in [3.63, 3.8) is 0 Å². The molecule has 0 bridgehead atoms. The van der Waals surface area contributed by atoms with Crippen LogP contribution < -0.4 is 5.43 Å². The molecule has 0 saturated heterocycles. The lowest BCUT2D eigenvalue weighted by Gasteiger charge is -1.83. The van der Waals surface area contributed by atoms with Gasteiger partial charge in [0.05, 0.1) is 0 Å². The number of nitrogens with one attached hydrogen (secondary N) is 2. The molecule has 11 heavy (non-hydrogen) atoms. The first kappa shape index (κ1) is 10.3. The van der Waals surface area contributed by atoms with Crippen molar-refractivity contribution in [2.45, 2.75) is 6.92 Å². The molecule has 0 amide bonds. The fourth-order valence-corrected chi connectivity index (χ4v) is 0.444. The minimum Gasteiger partial charge on any atom is -0.304 e. The van der Waals surface area contributed by atoms with E-state index in [1.165, 1.54) is 12.6 Å². The molecule has 0 radical (unpaired) electrons. The van der Waals surface area contributed by atoms with Gasteiger partial charge in [0.1, 0.15) is 6.34 Å². The van der Waals surface area contributed by atoms with Gasteiger partial charge in [0.15, 0.2) is 0 Å². The zero-order valence-electron chi connectivity index (χ0n) is 6.08. The van der Waals surface area contributed by atoms with E-state index in [0.717, 1.165) is 0 Å². The summed E-state index contributed by atoms with van der Waals surface area (Å²) in [6, 6.07) is 0. The fraction of sp³-hybridized carbons (Fsp3) is 0.167. The highest BCUT2D eigenvalue weighted by atomic mass is 127. The zero-order chi connectivity index (χ0) is 8.53. The molecular weight excluding hydrogens is 255 g/mol. The molecule has 0 saturated carbocycles. The first-order valence-corrected chi connectivity index (χ1v) is 4.12. The van der Waals surface area contributed by atoms with Crippen LogP contribution in [0.15, 0.2) is 20.4 Å². The Bertz CT molecular complexity index is 195. The number of halogens is 1. The minimum atomic E-state index is 0.404. The molecule has 0 spiro atoms. The van der Waals surface area contributed by atoms with Crippen LogP contribution in [0, 0.1) is 5.41 Å². The summed E-state index contributed by atoms with van der Waals surface area (Å²) in [7, 11) is 0. The maximum Gasteiger partial charge on any atom is 0.135 e. The van der Waals surface area contributed by atoms with Crippen LogP contribution in [0.1, 0.15) is 6.92 Å². The van der Waals surface area contributed by atoms with Crippen LogP contribution in [0.3, 0.4) is 0 Å². The van der Waals surface area contributed by atoms with E-state index < -0.39 is 0 Å². The van der Waals surface area contributed by atoms with Crippen molar-refractivity contribution in [1.82, 2.24) is 5.43 Å². The molecule has 0 aliphatic heterocycles. The molecule has 2 N–H and O–H groups in total. The van der Waals surface area contributed by atoms with Crippen molar-refractivity contribution >= 4 is 40.9 Å². The summed E-state index contributed by atoms with van der Waals surface area (Å²) >= 11 is 2.07. The van der Waals surface area contributed by atoms with Gasteiger partial charge in [-0.1, -0.05) is 22.6 Å². The number of hydrazone groups is 1. The van der Waals surface area contributed by atoms with Gasteiger partial charge in [-0.15, -0.1) is 0 Å². The highest BCUT2D eigenvalue weighted by Gasteiger charge is 1.72. The number of rotatable bonds is 4. The second-order valence-electron chi connectivity index (χ2n) is 1.63. The third kappa shape index (κ3) is 9.28. The molecule has 0 rings (SSSR count). The van der Waals surface area contributed by atoms with Gasteiger partial charge >= 0.3 is 0 Å². The molecule has 0 aromatic rings. The minimum absolute atomic E-state index is 0.404. The predicted octanol–water partition coefficient (Wildman–Crippen LogP) is 1.54. The standard InChI is InChI=1S/C6H9IN4/c1-6(8)4-9-5-11-10-3-2-7/h2-5,8,10H,1H3/b3-2-,8-6?,9-4?,11-5-. The van der Waals surface area contributed by atoms with Crippen LogP contribution in [0.4, 0.5) is 0 Å². The molecule has 0 unspecified atom stereocenters. The maximum atomic E-state index is 6.96. The first-order valence-electron chi connectivity index (χ1n) is 2.88. The average molecular weight is 264 g/mol. The Labute approximate surface area is 79.1 Å². The summed E-state index contributed by atoms with van der Waals surface area (Å²) in [6.07, 6.45) is 4.43. The molecule has 0 aliphatic rings. The predicted molar refractivity (Wildman–Crippen MR) is 56.7 cm³/mol. The Morgan fingerprint density at radius 2 is 2.36 bits per heavy atom. The Hall–Kier alpha value is -0.720. The van der Waals surface area contributed by atoms with Gasteiger partial charge in [0, 0.05) is 18.1 Å². The van der Waals surface area contributed by atoms with Crippen molar-refractivity contribution in [1.29, 1.82) is 5.41 Å². The van der Waals surface area contributed by atoms with E-state index in [0.29, 0.717) is 5.71 Å². The van der Waals surface area contributed by atoms with Crippen LogP contribution in [0.25, 0.3) is 0 Å². The Balaban J connectivity index is 3.52. The van der Waals surface area contributed by atoms with E-state index in [1.807, 2.05) is 0 Å². The molecular formula is C6H9IN4. The molecule has 0 aromatic carbocycles. The van der Waals surface area contributed by atoms with Crippen LogP contribution >= 0.6 is 22.6 Å². The fourth-order valence-electron chi connectivity index (χ4n) is 0.283. The zero-order valence-corrected chi connectivity index (χ0v) is 8.24. The number of hydrogen-bond donors (Lipinski definition) is 2. The molecule has 4 nitrogen and oxygen atoms in total. The van der Waals surface area contributed by atoms with Crippen LogP contribution in [0.2, 0.25) is 0 Å². The Morgan fingerprint density at radius 3 is 2.91 bits per heavy atom. The summed E-state index contributed by atoms with van der Waals surface area (Å²) in [5.74, 6) is 0. The summed E-state index contributed by atoms with van der Waals surface area (Å²) in [5, 5.41) is 10.6. The summed E-state index contributed by atoms with van der Waals surface area (Å²) in [4.78, 5) is 3.70. The van der Waals surface area contributed by atoms with Gasteiger partial charge in [0.25, 0.3) is 0 Å². The van der Waals surface area contributed by atoms with E-state index in [-0.39, 0.29) is 0 Å². The monoisotopic (exact) mass is 264 g/mol. The van der Waals surface area contributed by atoms with Gasteiger partial charge in [-0.25, -0.2) is 4.99 Å². The molecule has 60 valence electrons. The van der Waals surface area contributed by atoms with Crippen molar-refractivity contribution in [3.8, 4) is 0 Å². The van der Waals surface area contributed by atoms with Crippen molar-refractivity contribution in [3.05, 3.63) is 10.3 Å². The highest BCUT2D eigenvalue weighted by molar-refractivity contribution is 14.1. The normalized spacial score (nSPS) is 11.8. The number of aliphatic imine (C=N–C) groups is 1. The third-order valence-electron chi connectivity index (χ3n) is 0.605. The second-order valence-corrected chi connectivity index (χ2v) is 2.35. The molecule has 0 aliphatic carbocycles. The van der Waals surface area contributed by atoms with Gasteiger partial charge in [-0.3, -0.25) is 5.43 Å². The molecule has 0 atom stereocenters. The van der Waals surface area contributed by atoms with Crippen LogP contribution in [-0.4, -0.2) is 18.3 Å². The molecule has 5 heteroatoms. The van der Waals surface area contributed by atoms with Crippen LogP contribution in [0.5, 0.6) is 0 Å². The van der Waals surface area contributed by atoms with E-state index >= 15 is 0 Å².